The van der Waals surface area contributed by atoms with Gasteiger partial charge in [0.2, 0.25) is 0 Å². The number of carbonyl (C=O) groups is 1. The predicted octanol–water partition coefficient (Wildman–Crippen LogP) is 4.28. The first-order valence-corrected chi connectivity index (χ1v) is 10.0. The number of hydrogen-bond acceptors (Lipinski definition) is 4. The number of pyridine rings is 1. The number of likely N-dealkylation sites (N-methyl/N-ethyl adjacent to an activating group) is 1. The summed E-state index contributed by atoms with van der Waals surface area (Å²) in [6.07, 6.45) is 2.69. The lowest BCUT2D eigenvalue weighted by Gasteiger charge is -2.22. The van der Waals surface area contributed by atoms with Crippen molar-refractivity contribution < 1.29 is 9.18 Å². The molecule has 1 amide bonds. The number of anilines is 2. The molecule has 0 bridgehead atoms. The standard InChI is InChI=1S/C24H25FN4O/c1-28(2)22-13-14-29(16-22)21-10-8-20(9-11-21)27-24(30)18-5-12-23(26-15-18)17-3-6-19(25)7-4-17/h3-12,15,22H,13-14,16H2,1-2H3,(H,27,30). The van der Waals surface area contributed by atoms with Crippen molar-refractivity contribution in [2.24, 2.45) is 0 Å². The van der Waals surface area contributed by atoms with Crippen LogP contribution in [0.5, 0.6) is 0 Å². The van der Waals surface area contributed by atoms with E-state index in [0.29, 0.717) is 17.3 Å². The molecule has 154 valence electrons. The third kappa shape index (κ3) is 4.49. The monoisotopic (exact) mass is 404 g/mol. The lowest BCUT2D eigenvalue weighted by molar-refractivity contribution is 0.102. The summed E-state index contributed by atoms with van der Waals surface area (Å²) in [7, 11) is 4.24. The number of rotatable bonds is 5. The molecular formula is C24H25FN4O. The molecule has 1 atom stereocenters. The van der Waals surface area contributed by atoms with Crippen LogP contribution < -0.4 is 10.2 Å². The molecular weight excluding hydrogens is 379 g/mol. The number of carbonyl (C=O) groups excluding carboxylic acids is 1. The van der Waals surface area contributed by atoms with Gasteiger partial charge in [0.1, 0.15) is 5.82 Å². The highest BCUT2D eigenvalue weighted by atomic mass is 19.1. The molecule has 0 spiro atoms. The van der Waals surface area contributed by atoms with E-state index in [9.17, 15) is 9.18 Å². The Hall–Kier alpha value is -3.25. The van der Waals surface area contributed by atoms with Crippen molar-refractivity contribution in [2.75, 3.05) is 37.4 Å². The first-order chi connectivity index (χ1) is 14.5. The normalized spacial score (nSPS) is 16.1. The largest absolute Gasteiger partial charge is 0.370 e. The summed E-state index contributed by atoms with van der Waals surface area (Å²) in [5.41, 5.74) is 3.88. The van der Waals surface area contributed by atoms with Gasteiger partial charge in [-0.25, -0.2) is 4.39 Å². The van der Waals surface area contributed by atoms with Gasteiger partial charge in [0, 0.05) is 42.3 Å². The number of aromatic nitrogens is 1. The van der Waals surface area contributed by atoms with E-state index in [-0.39, 0.29) is 11.7 Å². The van der Waals surface area contributed by atoms with Crippen LogP contribution in [0, 0.1) is 5.82 Å². The smallest absolute Gasteiger partial charge is 0.257 e. The van der Waals surface area contributed by atoms with E-state index in [1.54, 1.807) is 24.3 Å². The van der Waals surface area contributed by atoms with Gasteiger partial charge in [-0.05, 0) is 81.2 Å². The van der Waals surface area contributed by atoms with Crippen molar-refractivity contribution >= 4 is 17.3 Å². The summed E-state index contributed by atoms with van der Waals surface area (Å²) < 4.78 is 13.1. The fourth-order valence-corrected chi connectivity index (χ4v) is 3.68. The molecule has 2 heterocycles. The Balaban J connectivity index is 1.38. The fourth-order valence-electron chi connectivity index (χ4n) is 3.68. The van der Waals surface area contributed by atoms with Crippen molar-refractivity contribution in [3.05, 3.63) is 78.2 Å². The molecule has 1 aliphatic heterocycles. The zero-order valence-electron chi connectivity index (χ0n) is 17.2. The van der Waals surface area contributed by atoms with Gasteiger partial charge >= 0.3 is 0 Å². The molecule has 4 rings (SSSR count). The predicted molar refractivity (Wildman–Crippen MR) is 118 cm³/mol. The molecule has 30 heavy (non-hydrogen) atoms. The molecule has 0 aliphatic carbocycles. The van der Waals surface area contributed by atoms with Crippen molar-refractivity contribution in [1.82, 2.24) is 9.88 Å². The molecule has 1 saturated heterocycles. The van der Waals surface area contributed by atoms with Crippen LogP contribution in [0.25, 0.3) is 11.3 Å². The maximum Gasteiger partial charge on any atom is 0.257 e. The summed E-state index contributed by atoms with van der Waals surface area (Å²) in [6.45, 7) is 2.06. The first kappa shape index (κ1) is 20.0. The molecule has 6 heteroatoms. The third-order valence-electron chi connectivity index (χ3n) is 5.55. The molecule has 2 aromatic carbocycles. The van der Waals surface area contributed by atoms with E-state index in [2.05, 4.69) is 34.2 Å². The maximum absolute atomic E-state index is 13.1. The zero-order chi connectivity index (χ0) is 21.1. The Morgan fingerprint density at radius 2 is 1.80 bits per heavy atom. The van der Waals surface area contributed by atoms with E-state index in [4.69, 9.17) is 0 Å². The van der Waals surface area contributed by atoms with Gasteiger partial charge < -0.3 is 15.1 Å². The maximum atomic E-state index is 13.1. The molecule has 1 aromatic heterocycles. The van der Waals surface area contributed by atoms with Crippen LogP contribution in [0.3, 0.4) is 0 Å². The molecule has 1 unspecified atom stereocenters. The Bertz CT molecular complexity index is 1000. The van der Waals surface area contributed by atoms with Crippen LogP contribution in [-0.2, 0) is 0 Å². The van der Waals surface area contributed by atoms with Gasteiger partial charge in [0.25, 0.3) is 5.91 Å². The molecule has 0 radical (unpaired) electrons. The van der Waals surface area contributed by atoms with Crippen LogP contribution in [-0.4, -0.2) is 49.0 Å². The van der Waals surface area contributed by atoms with E-state index >= 15 is 0 Å². The van der Waals surface area contributed by atoms with Crippen molar-refractivity contribution in [3.8, 4) is 11.3 Å². The van der Waals surface area contributed by atoms with Crippen LogP contribution in [0.1, 0.15) is 16.8 Å². The van der Waals surface area contributed by atoms with Gasteiger partial charge in [-0.3, -0.25) is 9.78 Å². The van der Waals surface area contributed by atoms with E-state index < -0.39 is 0 Å². The quantitative estimate of drug-likeness (QED) is 0.690. The second-order valence-electron chi connectivity index (χ2n) is 7.79. The number of hydrogen-bond donors (Lipinski definition) is 1. The summed E-state index contributed by atoms with van der Waals surface area (Å²) in [4.78, 5) is 21.5. The second-order valence-corrected chi connectivity index (χ2v) is 7.79. The van der Waals surface area contributed by atoms with Crippen molar-refractivity contribution in [2.45, 2.75) is 12.5 Å². The van der Waals surface area contributed by atoms with E-state index in [1.165, 1.54) is 24.0 Å². The zero-order valence-corrected chi connectivity index (χ0v) is 17.2. The SMILES string of the molecule is CN(C)C1CCN(c2ccc(NC(=O)c3ccc(-c4ccc(F)cc4)nc3)cc2)C1. The van der Waals surface area contributed by atoms with Gasteiger partial charge in [-0.2, -0.15) is 0 Å². The Labute approximate surface area is 176 Å². The van der Waals surface area contributed by atoms with Crippen molar-refractivity contribution in [3.63, 3.8) is 0 Å². The van der Waals surface area contributed by atoms with Gasteiger partial charge in [0.05, 0.1) is 11.3 Å². The lowest BCUT2D eigenvalue weighted by atomic mass is 10.1. The average Bonchev–Trinajstić information content (AvgIpc) is 3.26. The summed E-state index contributed by atoms with van der Waals surface area (Å²) >= 11 is 0. The molecule has 0 saturated carbocycles. The van der Waals surface area contributed by atoms with Crippen LogP contribution >= 0.6 is 0 Å². The Morgan fingerprint density at radius 1 is 1.07 bits per heavy atom. The minimum Gasteiger partial charge on any atom is -0.370 e. The highest BCUT2D eigenvalue weighted by molar-refractivity contribution is 6.04. The number of benzene rings is 2. The first-order valence-electron chi connectivity index (χ1n) is 10.0. The topological polar surface area (TPSA) is 48.5 Å². The molecule has 3 aromatic rings. The Morgan fingerprint density at radius 3 is 2.40 bits per heavy atom. The van der Waals surface area contributed by atoms with Crippen LogP contribution in [0.4, 0.5) is 15.8 Å². The number of nitrogens with one attached hydrogen (secondary N) is 1. The number of nitrogens with zero attached hydrogens (tertiary/aromatic N) is 3. The molecule has 5 nitrogen and oxygen atoms in total. The molecule has 1 aliphatic rings. The summed E-state index contributed by atoms with van der Waals surface area (Å²) in [5, 5.41) is 2.91. The molecule has 1 N–H and O–H groups in total. The Kier molecular flexibility index (Phi) is 5.77. The summed E-state index contributed by atoms with van der Waals surface area (Å²) in [5.74, 6) is -0.502. The highest BCUT2D eigenvalue weighted by Gasteiger charge is 2.24. The van der Waals surface area contributed by atoms with E-state index in [1.807, 2.05) is 24.3 Å². The van der Waals surface area contributed by atoms with Gasteiger partial charge in [-0.1, -0.05) is 0 Å². The minimum absolute atomic E-state index is 0.213. The number of amides is 1. The summed E-state index contributed by atoms with van der Waals surface area (Å²) in [6, 6.07) is 18.1. The van der Waals surface area contributed by atoms with Gasteiger partial charge in [0.15, 0.2) is 0 Å². The van der Waals surface area contributed by atoms with Gasteiger partial charge in [-0.15, -0.1) is 0 Å². The third-order valence-corrected chi connectivity index (χ3v) is 5.55. The highest BCUT2D eigenvalue weighted by Crippen LogP contribution is 2.24. The van der Waals surface area contributed by atoms with E-state index in [0.717, 1.165) is 30.8 Å². The van der Waals surface area contributed by atoms with Crippen LogP contribution in [0.2, 0.25) is 0 Å². The lowest BCUT2D eigenvalue weighted by Crippen LogP contribution is -2.31. The minimum atomic E-state index is -0.289. The molecule has 1 fully saturated rings. The number of halogens is 1. The average molecular weight is 404 g/mol. The van der Waals surface area contributed by atoms with Crippen LogP contribution in [0.15, 0.2) is 66.9 Å². The van der Waals surface area contributed by atoms with Crippen molar-refractivity contribution in [1.29, 1.82) is 0 Å². The fraction of sp³-hybridized carbons (Fsp3) is 0.250. The second kappa shape index (κ2) is 8.63.